The first-order valence-corrected chi connectivity index (χ1v) is 8.51. The molecule has 1 aliphatic heterocycles. The normalized spacial score (nSPS) is 19.8. The summed E-state index contributed by atoms with van der Waals surface area (Å²) >= 11 is 0. The Kier molecular flexibility index (Phi) is 5.25. The Morgan fingerprint density at radius 1 is 1.36 bits per heavy atom. The number of pyridine rings is 1. The molecule has 25 heavy (non-hydrogen) atoms. The molecule has 1 aliphatic rings. The molecule has 2 aromatic rings. The van der Waals surface area contributed by atoms with Crippen molar-refractivity contribution in [3.05, 3.63) is 36.0 Å². The van der Waals surface area contributed by atoms with Crippen LogP contribution >= 0.6 is 0 Å². The molecule has 7 heteroatoms. The maximum Gasteiger partial charge on any atom is 0.241 e. The molecule has 1 saturated heterocycles. The minimum absolute atomic E-state index is 0.0458. The molecule has 1 aromatic heterocycles. The second-order valence-electron chi connectivity index (χ2n) is 6.26. The molecule has 132 valence electrons. The number of hydrogen-bond donors (Lipinski definition) is 4. The molecule has 0 spiro atoms. The zero-order valence-electron chi connectivity index (χ0n) is 14.2. The Balaban J connectivity index is 1.63. The minimum atomic E-state index is -0.346. The largest absolute Gasteiger partial charge is 0.351 e. The number of aryl methyl sites for hydroxylation is 1. The predicted molar refractivity (Wildman–Crippen MR) is 97.1 cm³/mol. The number of carbonyl (C=O) groups excluding carboxylic acids is 2. The first kappa shape index (κ1) is 17.3. The number of benzene rings is 1. The molecule has 0 unspecified atom stereocenters. The Morgan fingerprint density at radius 3 is 2.96 bits per heavy atom. The first-order chi connectivity index (χ1) is 12.1. The van der Waals surface area contributed by atoms with Crippen molar-refractivity contribution in [1.29, 1.82) is 0 Å². The summed E-state index contributed by atoms with van der Waals surface area (Å²) in [7, 11) is 0. The summed E-state index contributed by atoms with van der Waals surface area (Å²) < 4.78 is 0. The molecule has 0 radical (unpaired) electrons. The maximum atomic E-state index is 12.4. The summed E-state index contributed by atoms with van der Waals surface area (Å²) in [6.45, 7) is 2.61. The number of anilines is 1. The fourth-order valence-corrected chi connectivity index (χ4v) is 3.02. The second kappa shape index (κ2) is 7.58. The van der Waals surface area contributed by atoms with Crippen molar-refractivity contribution >= 4 is 28.4 Å². The fourth-order valence-electron chi connectivity index (χ4n) is 3.02. The van der Waals surface area contributed by atoms with Crippen molar-refractivity contribution in [1.82, 2.24) is 15.6 Å². The standard InChI is InChI=1S/C18H23N5O2/c1-2-11-3-4-12-6-13(9-20-15(12)5-11)23-18(25)16-7-14(10-21-16)22-17(24)8-19/h3-6,9,14,16,21H,2,7-8,10,19H2,1H3,(H,22,24)(H,23,25)/t14-,16+/m1/s1. The van der Waals surface area contributed by atoms with E-state index < -0.39 is 0 Å². The number of fused-ring (bicyclic) bond motifs is 1. The first-order valence-electron chi connectivity index (χ1n) is 8.51. The Labute approximate surface area is 146 Å². The SMILES string of the molecule is CCc1ccc2cc(NC(=O)[C@@H]3C[C@@H](NC(=O)CN)CN3)cnc2c1. The van der Waals surface area contributed by atoms with E-state index in [2.05, 4.69) is 40.0 Å². The van der Waals surface area contributed by atoms with E-state index in [1.807, 2.05) is 12.1 Å². The lowest BCUT2D eigenvalue weighted by atomic mass is 10.1. The summed E-state index contributed by atoms with van der Waals surface area (Å²) in [6.07, 6.45) is 3.17. The van der Waals surface area contributed by atoms with Gasteiger partial charge in [-0.2, -0.15) is 0 Å². The van der Waals surface area contributed by atoms with Gasteiger partial charge in [0.15, 0.2) is 0 Å². The number of nitrogens with zero attached hydrogens (tertiary/aromatic N) is 1. The minimum Gasteiger partial charge on any atom is -0.351 e. The smallest absolute Gasteiger partial charge is 0.241 e. The van der Waals surface area contributed by atoms with Gasteiger partial charge in [-0.05, 0) is 30.5 Å². The van der Waals surface area contributed by atoms with Crippen molar-refractivity contribution in [2.75, 3.05) is 18.4 Å². The van der Waals surface area contributed by atoms with Crippen LogP contribution < -0.4 is 21.7 Å². The average Bonchev–Trinajstić information content (AvgIpc) is 3.09. The summed E-state index contributed by atoms with van der Waals surface area (Å²) in [5.74, 6) is -0.339. The van der Waals surface area contributed by atoms with Gasteiger partial charge in [0.1, 0.15) is 0 Å². The van der Waals surface area contributed by atoms with E-state index in [-0.39, 0.29) is 30.4 Å². The lowest BCUT2D eigenvalue weighted by Gasteiger charge is -2.12. The average molecular weight is 341 g/mol. The van der Waals surface area contributed by atoms with Gasteiger partial charge in [0.2, 0.25) is 11.8 Å². The van der Waals surface area contributed by atoms with E-state index in [0.29, 0.717) is 18.7 Å². The molecule has 3 rings (SSSR count). The number of nitrogens with one attached hydrogen (secondary N) is 3. The second-order valence-corrected chi connectivity index (χ2v) is 6.26. The zero-order valence-corrected chi connectivity index (χ0v) is 14.2. The third-order valence-electron chi connectivity index (χ3n) is 4.42. The topological polar surface area (TPSA) is 109 Å². The van der Waals surface area contributed by atoms with Crippen molar-refractivity contribution in [3.8, 4) is 0 Å². The van der Waals surface area contributed by atoms with Crippen LogP contribution in [0.3, 0.4) is 0 Å². The highest BCUT2D eigenvalue weighted by Gasteiger charge is 2.30. The van der Waals surface area contributed by atoms with E-state index in [4.69, 9.17) is 5.73 Å². The van der Waals surface area contributed by atoms with Gasteiger partial charge in [-0.25, -0.2) is 0 Å². The fraction of sp³-hybridized carbons (Fsp3) is 0.389. The van der Waals surface area contributed by atoms with Crippen LogP contribution in [0.2, 0.25) is 0 Å². The number of amides is 2. The third-order valence-corrected chi connectivity index (χ3v) is 4.42. The predicted octanol–water partition coefficient (Wildman–Crippen LogP) is 0.541. The Hall–Kier alpha value is -2.51. The van der Waals surface area contributed by atoms with E-state index in [1.165, 1.54) is 5.56 Å². The molecule has 2 atom stereocenters. The van der Waals surface area contributed by atoms with Crippen LogP contribution in [0.1, 0.15) is 18.9 Å². The molecular formula is C18H23N5O2. The molecule has 5 N–H and O–H groups in total. The molecule has 2 heterocycles. The highest BCUT2D eigenvalue weighted by molar-refractivity contribution is 5.96. The summed E-state index contributed by atoms with van der Waals surface area (Å²) in [6, 6.07) is 7.64. The molecule has 1 fully saturated rings. The van der Waals surface area contributed by atoms with Gasteiger partial charge in [-0.3, -0.25) is 14.6 Å². The van der Waals surface area contributed by atoms with Crippen LogP contribution in [0.25, 0.3) is 10.9 Å². The molecule has 0 saturated carbocycles. The van der Waals surface area contributed by atoms with Crippen LogP contribution in [-0.4, -0.2) is 42.0 Å². The van der Waals surface area contributed by atoms with Gasteiger partial charge >= 0.3 is 0 Å². The van der Waals surface area contributed by atoms with Crippen LogP contribution in [0.4, 0.5) is 5.69 Å². The summed E-state index contributed by atoms with van der Waals surface area (Å²) in [5.41, 5.74) is 8.11. The van der Waals surface area contributed by atoms with E-state index in [0.717, 1.165) is 17.3 Å². The van der Waals surface area contributed by atoms with Gasteiger partial charge in [0.05, 0.1) is 30.0 Å². The number of carbonyl (C=O) groups is 2. The maximum absolute atomic E-state index is 12.4. The molecule has 0 bridgehead atoms. The lowest BCUT2D eigenvalue weighted by molar-refractivity contribution is -0.121. The van der Waals surface area contributed by atoms with Gasteiger partial charge in [0, 0.05) is 18.0 Å². The van der Waals surface area contributed by atoms with Gasteiger partial charge in [-0.1, -0.05) is 19.1 Å². The van der Waals surface area contributed by atoms with Gasteiger partial charge < -0.3 is 21.7 Å². The van der Waals surface area contributed by atoms with Crippen LogP contribution in [-0.2, 0) is 16.0 Å². The van der Waals surface area contributed by atoms with Gasteiger partial charge in [-0.15, -0.1) is 0 Å². The molecular weight excluding hydrogens is 318 g/mol. The zero-order chi connectivity index (χ0) is 17.8. The van der Waals surface area contributed by atoms with Crippen molar-refractivity contribution in [2.24, 2.45) is 5.73 Å². The Morgan fingerprint density at radius 2 is 2.20 bits per heavy atom. The quantitative estimate of drug-likeness (QED) is 0.635. The molecule has 1 aromatic carbocycles. The highest BCUT2D eigenvalue weighted by atomic mass is 16.2. The molecule has 2 amide bonds. The lowest BCUT2D eigenvalue weighted by Crippen LogP contribution is -2.39. The number of rotatable bonds is 5. The highest BCUT2D eigenvalue weighted by Crippen LogP contribution is 2.19. The van der Waals surface area contributed by atoms with Crippen molar-refractivity contribution in [2.45, 2.75) is 31.8 Å². The number of nitrogens with two attached hydrogens (primary N) is 1. The number of hydrogen-bond acceptors (Lipinski definition) is 5. The molecule has 0 aliphatic carbocycles. The van der Waals surface area contributed by atoms with E-state index in [9.17, 15) is 9.59 Å². The van der Waals surface area contributed by atoms with Gasteiger partial charge in [0.25, 0.3) is 0 Å². The monoisotopic (exact) mass is 341 g/mol. The van der Waals surface area contributed by atoms with Crippen molar-refractivity contribution < 1.29 is 9.59 Å². The Bertz CT molecular complexity index is 792. The van der Waals surface area contributed by atoms with E-state index in [1.54, 1.807) is 6.20 Å². The summed E-state index contributed by atoms with van der Waals surface area (Å²) in [5, 5.41) is 9.79. The molecule has 7 nitrogen and oxygen atoms in total. The van der Waals surface area contributed by atoms with E-state index >= 15 is 0 Å². The van der Waals surface area contributed by atoms with Crippen LogP contribution in [0.15, 0.2) is 30.5 Å². The summed E-state index contributed by atoms with van der Waals surface area (Å²) in [4.78, 5) is 28.2. The van der Waals surface area contributed by atoms with Crippen LogP contribution in [0, 0.1) is 0 Å². The third kappa shape index (κ3) is 4.12. The van der Waals surface area contributed by atoms with Crippen LogP contribution in [0.5, 0.6) is 0 Å². The number of aromatic nitrogens is 1. The van der Waals surface area contributed by atoms with Crippen molar-refractivity contribution in [3.63, 3.8) is 0 Å².